The van der Waals surface area contributed by atoms with E-state index in [1.165, 1.54) is 0 Å². The predicted octanol–water partition coefficient (Wildman–Crippen LogP) is 2.45. The van der Waals surface area contributed by atoms with Crippen molar-refractivity contribution in [3.63, 3.8) is 0 Å². The fourth-order valence-electron chi connectivity index (χ4n) is 1.52. The van der Waals surface area contributed by atoms with Crippen LogP contribution in [0.15, 0.2) is 36.5 Å². The van der Waals surface area contributed by atoms with Gasteiger partial charge in [0.2, 0.25) is 0 Å². The minimum Gasteiger partial charge on any atom is -0.456 e. The molecule has 18 heavy (non-hydrogen) atoms. The summed E-state index contributed by atoms with van der Waals surface area (Å²) in [6, 6.07) is 9.54. The van der Waals surface area contributed by atoms with Gasteiger partial charge in [-0.25, -0.2) is 9.78 Å². The third kappa shape index (κ3) is 2.91. The number of aryl methyl sites for hydroxylation is 2. The molecule has 4 heteroatoms. The fraction of sp³-hybridized carbons (Fsp3) is 0.214. The summed E-state index contributed by atoms with van der Waals surface area (Å²) >= 11 is 0. The maximum absolute atomic E-state index is 11.9. The number of esters is 1. The maximum atomic E-state index is 11.9. The van der Waals surface area contributed by atoms with Gasteiger partial charge in [-0.05, 0) is 19.4 Å². The van der Waals surface area contributed by atoms with Gasteiger partial charge in [0.05, 0.1) is 11.4 Å². The molecule has 0 saturated heterocycles. The molecule has 0 fully saturated rings. The summed E-state index contributed by atoms with van der Waals surface area (Å²) < 4.78 is 5.21. The van der Waals surface area contributed by atoms with Gasteiger partial charge in [0.15, 0.2) is 5.69 Å². The number of aromatic nitrogens is 2. The Morgan fingerprint density at radius 3 is 2.67 bits per heavy atom. The number of nitrogens with zero attached hydrogens (tertiary/aromatic N) is 2. The highest BCUT2D eigenvalue weighted by Crippen LogP contribution is 2.07. The van der Waals surface area contributed by atoms with Crippen molar-refractivity contribution in [3.05, 3.63) is 59.2 Å². The van der Waals surface area contributed by atoms with Gasteiger partial charge in [0.25, 0.3) is 0 Å². The first-order valence-corrected chi connectivity index (χ1v) is 5.68. The molecular weight excluding hydrogens is 228 g/mol. The predicted molar refractivity (Wildman–Crippen MR) is 67.1 cm³/mol. The Hall–Kier alpha value is -2.23. The van der Waals surface area contributed by atoms with Crippen molar-refractivity contribution >= 4 is 5.97 Å². The first kappa shape index (κ1) is 12.2. The molecule has 0 aliphatic rings. The molecule has 0 bridgehead atoms. The normalized spacial score (nSPS) is 10.1. The second-order valence-electron chi connectivity index (χ2n) is 4.01. The Labute approximate surface area is 106 Å². The average Bonchev–Trinajstić information content (AvgIpc) is 2.40. The third-order valence-electron chi connectivity index (χ3n) is 2.48. The van der Waals surface area contributed by atoms with Crippen molar-refractivity contribution < 1.29 is 9.53 Å². The van der Waals surface area contributed by atoms with Crippen molar-refractivity contribution in [2.24, 2.45) is 0 Å². The highest BCUT2D eigenvalue weighted by Gasteiger charge is 2.13. The van der Waals surface area contributed by atoms with E-state index in [9.17, 15) is 4.79 Å². The molecule has 1 aromatic carbocycles. The molecule has 0 spiro atoms. The minimum absolute atomic E-state index is 0.245. The van der Waals surface area contributed by atoms with Crippen LogP contribution in [0.4, 0.5) is 0 Å². The molecule has 4 nitrogen and oxygen atoms in total. The average molecular weight is 242 g/mol. The first-order chi connectivity index (χ1) is 8.66. The molecule has 1 heterocycles. The van der Waals surface area contributed by atoms with Crippen molar-refractivity contribution in [1.82, 2.24) is 9.97 Å². The Balaban J connectivity index is 2.06. The standard InChI is InChI=1S/C14H14N2O2/c1-10-8-15-11(2)13(16-10)14(17)18-9-12-6-4-3-5-7-12/h3-8H,9H2,1-2H3. The summed E-state index contributed by atoms with van der Waals surface area (Å²) in [5.41, 5.74) is 2.51. The molecule has 0 radical (unpaired) electrons. The topological polar surface area (TPSA) is 52.1 Å². The van der Waals surface area contributed by atoms with Crippen LogP contribution in [-0.4, -0.2) is 15.9 Å². The number of rotatable bonds is 3. The van der Waals surface area contributed by atoms with Crippen LogP contribution in [0.2, 0.25) is 0 Å². The summed E-state index contributed by atoms with van der Waals surface area (Å²) in [5, 5.41) is 0. The molecule has 92 valence electrons. The zero-order valence-corrected chi connectivity index (χ0v) is 10.4. The van der Waals surface area contributed by atoms with Crippen LogP contribution >= 0.6 is 0 Å². The Morgan fingerprint density at radius 1 is 1.22 bits per heavy atom. The van der Waals surface area contributed by atoms with E-state index >= 15 is 0 Å². The van der Waals surface area contributed by atoms with Gasteiger partial charge in [-0.15, -0.1) is 0 Å². The largest absolute Gasteiger partial charge is 0.456 e. The number of carbonyl (C=O) groups excluding carboxylic acids is 1. The molecule has 1 aromatic heterocycles. The number of hydrogen-bond acceptors (Lipinski definition) is 4. The smallest absolute Gasteiger partial charge is 0.359 e. The van der Waals surface area contributed by atoms with Crippen LogP contribution in [0.5, 0.6) is 0 Å². The number of ether oxygens (including phenoxy) is 1. The van der Waals surface area contributed by atoms with E-state index < -0.39 is 5.97 Å². The summed E-state index contributed by atoms with van der Waals surface area (Å²) in [6.45, 7) is 3.78. The van der Waals surface area contributed by atoms with E-state index in [-0.39, 0.29) is 12.3 Å². The Bertz CT molecular complexity index is 553. The number of hydrogen-bond donors (Lipinski definition) is 0. The van der Waals surface area contributed by atoms with Gasteiger partial charge >= 0.3 is 5.97 Å². The molecule has 0 aliphatic carbocycles. The lowest BCUT2D eigenvalue weighted by atomic mass is 10.2. The Morgan fingerprint density at radius 2 is 1.94 bits per heavy atom. The number of carbonyl (C=O) groups is 1. The highest BCUT2D eigenvalue weighted by molar-refractivity contribution is 5.88. The van der Waals surface area contributed by atoms with E-state index in [1.807, 2.05) is 30.3 Å². The van der Waals surface area contributed by atoms with E-state index in [0.29, 0.717) is 11.4 Å². The van der Waals surface area contributed by atoms with E-state index in [2.05, 4.69) is 9.97 Å². The van der Waals surface area contributed by atoms with E-state index in [0.717, 1.165) is 5.56 Å². The maximum Gasteiger partial charge on any atom is 0.359 e. The van der Waals surface area contributed by atoms with Gasteiger partial charge in [-0.3, -0.25) is 4.98 Å². The Kier molecular flexibility index (Phi) is 3.67. The zero-order chi connectivity index (χ0) is 13.0. The molecule has 2 rings (SSSR count). The third-order valence-corrected chi connectivity index (χ3v) is 2.48. The molecule has 0 N–H and O–H groups in total. The van der Waals surface area contributed by atoms with Crippen molar-refractivity contribution in [1.29, 1.82) is 0 Å². The van der Waals surface area contributed by atoms with Crippen LogP contribution in [0.1, 0.15) is 27.4 Å². The van der Waals surface area contributed by atoms with Gasteiger partial charge in [-0.1, -0.05) is 30.3 Å². The van der Waals surface area contributed by atoms with Crippen molar-refractivity contribution in [2.45, 2.75) is 20.5 Å². The molecular formula is C14H14N2O2. The van der Waals surface area contributed by atoms with Gasteiger partial charge < -0.3 is 4.74 Å². The van der Waals surface area contributed by atoms with E-state index in [1.54, 1.807) is 20.0 Å². The van der Waals surface area contributed by atoms with Crippen LogP contribution in [0.25, 0.3) is 0 Å². The lowest BCUT2D eigenvalue weighted by Crippen LogP contribution is -2.11. The number of benzene rings is 1. The monoisotopic (exact) mass is 242 g/mol. The molecule has 0 saturated carbocycles. The van der Waals surface area contributed by atoms with Gasteiger partial charge in [-0.2, -0.15) is 0 Å². The summed E-state index contributed by atoms with van der Waals surface area (Å²) in [5.74, 6) is -0.437. The highest BCUT2D eigenvalue weighted by atomic mass is 16.5. The quantitative estimate of drug-likeness (QED) is 0.776. The summed E-state index contributed by atoms with van der Waals surface area (Å²) in [6.07, 6.45) is 1.63. The van der Waals surface area contributed by atoms with Crippen LogP contribution in [-0.2, 0) is 11.3 Å². The van der Waals surface area contributed by atoms with Crippen LogP contribution in [0.3, 0.4) is 0 Å². The second-order valence-corrected chi connectivity index (χ2v) is 4.01. The molecule has 0 amide bonds. The van der Waals surface area contributed by atoms with Gasteiger partial charge in [0, 0.05) is 6.20 Å². The minimum atomic E-state index is -0.437. The van der Waals surface area contributed by atoms with Crippen LogP contribution < -0.4 is 0 Å². The lowest BCUT2D eigenvalue weighted by Gasteiger charge is -2.06. The van der Waals surface area contributed by atoms with Crippen molar-refractivity contribution in [3.8, 4) is 0 Å². The fourth-order valence-corrected chi connectivity index (χ4v) is 1.52. The molecule has 0 unspecified atom stereocenters. The van der Waals surface area contributed by atoms with Crippen LogP contribution in [0, 0.1) is 13.8 Å². The summed E-state index contributed by atoms with van der Waals surface area (Å²) in [7, 11) is 0. The molecule has 0 atom stereocenters. The zero-order valence-electron chi connectivity index (χ0n) is 10.4. The van der Waals surface area contributed by atoms with Gasteiger partial charge in [0.1, 0.15) is 6.61 Å². The SMILES string of the molecule is Cc1cnc(C)c(C(=O)OCc2ccccc2)n1. The van der Waals surface area contributed by atoms with Crippen molar-refractivity contribution in [2.75, 3.05) is 0 Å². The molecule has 0 aliphatic heterocycles. The second kappa shape index (κ2) is 5.40. The summed E-state index contributed by atoms with van der Waals surface area (Å²) in [4.78, 5) is 20.1. The molecule has 2 aromatic rings. The first-order valence-electron chi connectivity index (χ1n) is 5.68. The van der Waals surface area contributed by atoms with E-state index in [4.69, 9.17) is 4.74 Å². The lowest BCUT2D eigenvalue weighted by molar-refractivity contribution is 0.0464.